The fraction of sp³-hybridized carbons (Fsp3) is 0.192. The third kappa shape index (κ3) is 4.12. The summed E-state index contributed by atoms with van der Waals surface area (Å²) < 4.78 is 1.89. The molecule has 2 amide bonds. The molecule has 10 heteroatoms. The van der Waals surface area contributed by atoms with Gasteiger partial charge in [0.05, 0.1) is 27.5 Å². The van der Waals surface area contributed by atoms with E-state index < -0.39 is 0 Å². The predicted octanol–water partition coefficient (Wildman–Crippen LogP) is 6.32. The molecule has 0 bridgehead atoms. The normalized spacial score (nSPS) is 16.0. The minimum Gasteiger partial charge on any atom is -0.333 e. The summed E-state index contributed by atoms with van der Waals surface area (Å²) in [6.45, 7) is 2.80. The Hall–Kier alpha value is -3.10. The van der Waals surface area contributed by atoms with Gasteiger partial charge in [0, 0.05) is 42.3 Å². The summed E-state index contributed by atoms with van der Waals surface area (Å²) in [6, 6.07) is 17.2. The first-order valence-corrected chi connectivity index (χ1v) is 12.6. The van der Waals surface area contributed by atoms with Crippen LogP contribution < -0.4 is 10.2 Å². The number of rotatable bonds is 5. The Balaban J connectivity index is 1.44. The fourth-order valence-corrected chi connectivity index (χ4v) is 5.70. The average molecular weight is 540 g/mol. The first-order valence-electron chi connectivity index (χ1n) is 11.5. The average Bonchev–Trinajstić information content (AvgIpc) is 3.36. The molecular weight excluding hydrogens is 519 g/mol. The highest BCUT2D eigenvalue weighted by molar-refractivity contribution is 6.40. The lowest BCUT2D eigenvalue weighted by molar-refractivity contribution is 0.0907. The van der Waals surface area contributed by atoms with Crippen LogP contribution in [0.1, 0.15) is 17.2 Å². The summed E-state index contributed by atoms with van der Waals surface area (Å²) in [5, 5.41) is 8.67. The SMILES string of the molecule is O=C1NCc2c(-c3ccccc3Cl)cc(CN3CC(n4cncn4)C3)cc2N1c1c(Cl)cccc1Cl. The summed E-state index contributed by atoms with van der Waals surface area (Å²) in [4.78, 5) is 21.2. The van der Waals surface area contributed by atoms with Crippen LogP contribution in [0.5, 0.6) is 0 Å². The number of para-hydroxylation sites is 1. The summed E-state index contributed by atoms with van der Waals surface area (Å²) in [6.07, 6.45) is 3.31. The number of hydrogen-bond acceptors (Lipinski definition) is 4. The fourth-order valence-electron chi connectivity index (χ4n) is 4.89. The van der Waals surface area contributed by atoms with Crippen LogP contribution in [-0.4, -0.2) is 38.8 Å². The van der Waals surface area contributed by atoms with Gasteiger partial charge in [-0.05, 0) is 41.5 Å². The number of amides is 2. The minimum atomic E-state index is -0.282. The Kier molecular flexibility index (Phi) is 6.09. The van der Waals surface area contributed by atoms with Crippen LogP contribution in [-0.2, 0) is 13.1 Å². The number of fused-ring (bicyclic) bond motifs is 1. The van der Waals surface area contributed by atoms with Crippen LogP contribution in [0.15, 0.2) is 67.3 Å². The molecule has 1 fully saturated rings. The van der Waals surface area contributed by atoms with Gasteiger partial charge in [0.1, 0.15) is 12.7 Å². The van der Waals surface area contributed by atoms with E-state index in [-0.39, 0.29) is 6.03 Å². The molecule has 4 aromatic rings. The molecule has 0 atom stereocenters. The van der Waals surface area contributed by atoms with Crippen molar-refractivity contribution in [1.82, 2.24) is 25.0 Å². The summed E-state index contributed by atoms with van der Waals surface area (Å²) in [5.41, 5.74) is 5.08. The number of anilines is 2. The van der Waals surface area contributed by atoms with E-state index in [4.69, 9.17) is 34.8 Å². The van der Waals surface area contributed by atoms with Gasteiger partial charge in [-0.1, -0.05) is 59.1 Å². The van der Waals surface area contributed by atoms with E-state index in [0.29, 0.717) is 39.9 Å². The van der Waals surface area contributed by atoms with Gasteiger partial charge in [-0.3, -0.25) is 9.80 Å². The maximum absolute atomic E-state index is 13.2. The van der Waals surface area contributed by atoms with E-state index in [9.17, 15) is 4.79 Å². The molecule has 1 aromatic heterocycles. The Labute approximate surface area is 223 Å². The molecule has 2 aliphatic heterocycles. The standard InChI is InChI=1S/C26H21Cl3N6O/c27-21-5-2-1-4-18(21)19-8-16(11-33-12-17(13-33)34-15-30-14-32-34)9-24-20(19)10-31-26(36)35(24)25-22(28)6-3-7-23(25)29/h1-9,14-15,17H,10-13H2,(H,31,36). The van der Waals surface area contributed by atoms with Gasteiger partial charge in [-0.25, -0.2) is 14.5 Å². The smallest absolute Gasteiger partial charge is 0.326 e. The molecule has 0 spiro atoms. The van der Waals surface area contributed by atoms with Gasteiger partial charge in [0.25, 0.3) is 0 Å². The van der Waals surface area contributed by atoms with E-state index in [1.165, 1.54) is 0 Å². The molecule has 0 aliphatic carbocycles. The van der Waals surface area contributed by atoms with Crippen molar-refractivity contribution in [3.63, 3.8) is 0 Å². The second kappa shape index (κ2) is 9.41. The van der Waals surface area contributed by atoms with Crippen molar-refractivity contribution >= 4 is 52.2 Å². The molecule has 3 heterocycles. The van der Waals surface area contributed by atoms with Crippen molar-refractivity contribution in [3.05, 3.63) is 93.4 Å². The molecule has 0 radical (unpaired) electrons. The van der Waals surface area contributed by atoms with Gasteiger partial charge in [-0.15, -0.1) is 0 Å². The zero-order chi connectivity index (χ0) is 24.8. The Morgan fingerprint density at radius 1 is 0.944 bits per heavy atom. The lowest BCUT2D eigenvalue weighted by Crippen LogP contribution is -2.47. The van der Waals surface area contributed by atoms with Crippen molar-refractivity contribution in [1.29, 1.82) is 0 Å². The Morgan fingerprint density at radius 3 is 2.42 bits per heavy atom. The zero-order valence-corrected chi connectivity index (χ0v) is 21.3. The number of benzene rings is 3. The highest BCUT2D eigenvalue weighted by Gasteiger charge is 2.33. The molecule has 7 nitrogen and oxygen atoms in total. The molecule has 36 heavy (non-hydrogen) atoms. The van der Waals surface area contributed by atoms with Crippen molar-refractivity contribution in [2.45, 2.75) is 19.1 Å². The Bertz CT molecular complexity index is 1430. The minimum absolute atomic E-state index is 0.282. The zero-order valence-electron chi connectivity index (χ0n) is 19.0. The second-order valence-electron chi connectivity index (χ2n) is 8.91. The second-order valence-corrected chi connectivity index (χ2v) is 10.1. The first-order chi connectivity index (χ1) is 17.5. The lowest BCUT2D eigenvalue weighted by atomic mass is 9.93. The maximum atomic E-state index is 13.2. The summed E-state index contributed by atoms with van der Waals surface area (Å²) in [7, 11) is 0. The molecule has 3 aromatic carbocycles. The highest BCUT2D eigenvalue weighted by atomic mass is 35.5. The van der Waals surface area contributed by atoms with Crippen LogP contribution in [0.2, 0.25) is 15.1 Å². The van der Waals surface area contributed by atoms with Gasteiger partial charge in [0.15, 0.2) is 0 Å². The molecular formula is C26H21Cl3N6O. The monoisotopic (exact) mass is 538 g/mol. The number of carbonyl (C=O) groups is 1. The third-order valence-electron chi connectivity index (χ3n) is 6.63. The van der Waals surface area contributed by atoms with Crippen LogP contribution in [0.3, 0.4) is 0 Å². The van der Waals surface area contributed by atoms with E-state index in [1.807, 2.05) is 28.9 Å². The summed E-state index contributed by atoms with van der Waals surface area (Å²) in [5.74, 6) is 0. The number of likely N-dealkylation sites (tertiary alicyclic amines) is 1. The van der Waals surface area contributed by atoms with Gasteiger partial charge >= 0.3 is 6.03 Å². The number of nitrogens with zero attached hydrogens (tertiary/aromatic N) is 5. The third-order valence-corrected chi connectivity index (χ3v) is 7.57. The summed E-state index contributed by atoms with van der Waals surface area (Å²) >= 11 is 19.7. The number of urea groups is 1. The topological polar surface area (TPSA) is 66.3 Å². The van der Waals surface area contributed by atoms with E-state index in [2.05, 4.69) is 32.4 Å². The molecule has 6 rings (SSSR count). The van der Waals surface area contributed by atoms with Crippen molar-refractivity contribution in [2.24, 2.45) is 0 Å². The first kappa shape index (κ1) is 23.3. The van der Waals surface area contributed by atoms with Gasteiger partial charge in [0.2, 0.25) is 0 Å². The molecule has 0 saturated carbocycles. The largest absolute Gasteiger partial charge is 0.333 e. The predicted molar refractivity (Wildman–Crippen MR) is 142 cm³/mol. The molecule has 182 valence electrons. The van der Waals surface area contributed by atoms with Crippen molar-refractivity contribution < 1.29 is 4.79 Å². The van der Waals surface area contributed by atoms with Crippen LogP contribution >= 0.6 is 34.8 Å². The van der Waals surface area contributed by atoms with E-state index in [1.54, 1.807) is 35.8 Å². The van der Waals surface area contributed by atoms with Crippen LogP contribution in [0.4, 0.5) is 16.2 Å². The van der Waals surface area contributed by atoms with Crippen LogP contribution in [0.25, 0.3) is 11.1 Å². The molecule has 2 aliphatic rings. The van der Waals surface area contributed by atoms with Gasteiger partial charge < -0.3 is 5.32 Å². The number of nitrogens with one attached hydrogen (secondary N) is 1. The van der Waals surface area contributed by atoms with Crippen molar-refractivity contribution in [3.8, 4) is 11.1 Å². The van der Waals surface area contributed by atoms with E-state index in [0.717, 1.165) is 41.0 Å². The van der Waals surface area contributed by atoms with E-state index >= 15 is 0 Å². The van der Waals surface area contributed by atoms with Crippen molar-refractivity contribution in [2.75, 3.05) is 18.0 Å². The molecule has 1 saturated heterocycles. The maximum Gasteiger partial charge on any atom is 0.326 e. The van der Waals surface area contributed by atoms with Gasteiger partial charge in [-0.2, -0.15) is 5.10 Å². The van der Waals surface area contributed by atoms with Crippen LogP contribution in [0, 0.1) is 0 Å². The molecule has 0 unspecified atom stereocenters. The lowest BCUT2D eigenvalue weighted by Gasteiger charge is -2.39. The number of hydrogen-bond donors (Lipinski definition) is 1. The number of aromatic nitrogens is 3. The highest BCUT2D eigenvalue weighted by Crippen LogP contribution is 2.45. The Morgan fingerprint density at radius 2 is 1.69 bits per heavy atom. The number of carbonyl (C=O) groups excluding carboxylic acids is 1. The number of halogens is 3. The quantitative estimate of drug-likeness (QED) is 0.322. The molecule has 1 N–H and O–H groups in total.